The molecule has 8 nitrogen and oxygen atoms in total. The van der Waals surface area contributed by atoms with Crippen LogP contribution in [0, 0.1) is 12.1 Å². The number of ether oxygens (including phenoxy) is 1. The standard InChI is InChI=1S/C17H16N4O4/c1-10-16(17(22)20-13-5-3-4-6-15(13)25-2)19-12-8-7-11(21(23)24)9-14(12)18-10/h3-9,21,23H,1-2H3,(H,20,22). The Kier molecular flexibility index (Phi) is 4.57. The van der Waals surface area contributed by atoms with Crippen molar-refractivity contribution in [1.82, 2.24) is 9.97 Å². The van der Waals surface area contributed by atoms with Crippen molar-refractivity contribution in [2.45, 2.75) is 6.92 Å². The first-order chi connectivity index (χ1) is 12.0. The fraction of sp³-hybridized carbons (Fsp3) is 0.118. The van der Waals surface area contributed by atoms with E-state index in [9.17, 15) is 10.0 Å². The lowest BCUT2D eigenvalue weighted by atomic mass is 10.2. The molecule has 25 heavy (non-hydrogen) atoms. The number of aryl methyl sites for hydroxylation is 1. The van der Waals surface area contributed by atoms with E-state index in [4.69, 9.17) is 9.94 Å². The van der Waals surface area contributed by atoms with E-state index >= 15 is 0 Å². The van der Waals surface area contributed by atoms with Crippen molar-refractivity contribution in [1.29, 1.82) is 0 Å². The largest absolute Gasteiger partial charge is 0.595 e. The third kappa shape index (κ3) is 3.41. The molecule has 0 aliphatic rings. The highest BCUT2D eigenvalue weighted by atomic mass is 16.8. The first kappa shape index (κ1) is 16.8. The van der Waals surface area contributed by atoms with Crippen LogP contribution in [0.5, 0.6) is 5.75 Å². The van der Waals surface area contributed by atoms with E-state index in [1.165, 1.54) is 25.3 Å². The van der Waals surface area contributed by atoms with Crippen molar-refractivity contribution >= 4 is 28.3 Å². The summed E-state index contributed by atoms with van der Waals surface area (Å²) in [6.07, 6.45) is 0. The Labute approximate surface area is 143 Å². The molecule has 0 radical (unpaired) electrons. The van der Waals surface area contributed by atoms with Gasteiger partial charge in [0, 0.05) is 12.1 Å². The van der Waals surface area contributed by atoms with Gasteiger partial charge in [-0.15, -0.1) is 0 Å². The molecule has 2 aromatic carbocycles. The molecule has 0 saturated carbocycles. The first-order valence-corrected chi connectivity index (χ1v) is 7.45. The van der Waals surface area contributed by atoms with Crippen molar-refractivity contribution in [2.24, 2.45) is 0 Å². The van der Waals surface area contributed by atoms with Gasteiger partial charge in [0.1, 0.15) is 11.4 Å². The number of benzene rings is 2. The molecule has 1 atom stereocenters. The highest BCUT2D eigenvalue weighted by Gasteiger charge is 2.16. The third-order valence-electron chi connectivity index (χ3n) is 3.66. The average Bonchev–Trinajstić information content (AvgIpc) is 2.60. The van der Waals surface area contributed by atoms with Gasteiger partial charge in [-0.25, -0.2) is 15.2 Å². The van der Waals surface area contributed by atoms with E-state index in [2.05, 4.69) is 15.3 Å². The monoisotopic (exact) mass is 340 g/mol. The van der Waals surface area contributed by atoms with E-state index in [1.54, 1.807) is 31.2 Å². The topological polar surface area (TPSA) is 112 Å². The summed E-state index contributed by atoms with van der Waals surface area (Å²) < 4.78 is 5.21. The second-order valence-corrected chi connectivity index (χ2v) is 5.32. The van der Waals surface area contributed by atoms with Gasteiger partial charge in [0.2, 0.25) is 0 Å². The number of quaternary nitrogens is 1. The summed E-state index contributed by atoms with van der Waals surface area (Å²) in [5, 5.41) is 21.8. The van der Waals surface area contributed by atoms with Gasteiger partial charge < -0.3 is 15.3 Å². The predicted molar refractivity (Wildman–Crippen MR) is 91.0 cm³/mol. The highest BCUT2D eigenvalue weighted by Crippen LogP contribution is 2.24. The van der Waals surface area contributed by atoms with Crippen LogP contribution in [0.25, 0.3) is 11.0 Å². The number of hydrogen-bond acceptors (Lipinski definition) is 6. The smallest absolute Gasteiger partial charge is 0.276 e. The zero-order valence-corrected chi connectivity index (χ0v) is 13.6. The van der Waals surface area contributed by atoms with Crippen LogP contribution in [0.3, 0.4) is 0 Å². The van der Waals surface area contributed by atoms with Crippen LogP contribution in [0.1, 0.15) is 16.2 Å². The lowest BCUT2D eigenvalue weighted by Crippen LogP contribution is -2.99. The number of hydrogen-bond donors (Lipinski definition) is 3. The second kappa shape index (κ2) is 6.81. The minimum Gasteiger partial charge on any atom is -0.595 e. The van der Waals surface area contributed by atoms with Gasteiger partial charge >= 0.3 is 0 Å². The molecule has 1 heterocycles. The lowest BCUT2D eigenvalue weighted by molar-refractivity contribution is -0.991. The van der Waals surface area contributed by atoms with Gasteiger partial charge in [0.05, 0.1) is 29.5 Å². The number of amides is 1. The predicted octanol–water partition coefficient (Wildman–Crippen LogP) is 1.60. The molecule has 0 spiro atoms. The van der Waals surface area contributed by atoms with Crippen molar-refractivity contribution in [3.05, 3.63) is 59.1 Å². The van der Waals surface area contributed by atoms with Gasteiger partial charge in [0.25, 0.3) is 5.91 Å². The number of rotatable bonds is 4. The summed E-state index contributed by atoms with van der Waals surface area (Å²) in [5.41, 5.74) is 2.08. The maximum absolute atomic E-state index is 12.6. The molecule has 0 bridgehead atoms. The van der Waals surface area contributed by atoms with E-state index in [0.29, 0.717) is 28.2 Å². The normalized spacial score (nSPS) is 12.0. The number of nitrogens with zero attached hydrogens (tertiary/aromatic N) is 2. The van der Waals surface area contributed by atoms with Crippen molar-refractivity contribution in [2.75, 3.05) is 12.4 Å². The minimum absolute atomic E-state index is 0.118. The molecule has 0 fully saturated rings. The van der Waals surface area contributed by atoms with E-state index < -0.39 is 11.1 Å². The Morgan fingerprint density at radius 3 is 2.68 bits per heavy atom. The quantitative estimate of drug-likeness (QED) is 0.622. The number of fused-ring (bicyclic) bond motifs is 1. The molecule has 1 amide bonds. The van der Waals surface area contributed by atoms with E-state index in [1.807, 2.05) is 0 Å². The van der Waals surface area contributed by atoms with Crippen LogP contribution >= 0.6 is 0 Å². The van der Waals surface area contributed by atoms with Gasteiger partial charge in [-0.1, -0.05) is 12.1 Å². The van der Waals surface area contributed by atoms with Crippen LogP contribution in [-0.4, -0.2) is 28.2 Å². The number of anilines is 1. The molecular weight excluding hydrogens is 324 g/mol. The molecule has 0 aliphatic carbocycles. The molecule has 3 aromatic rings. The summed E-state index contributed by atoms with van der Waals surface area (Å²) in [7, 11) is 1.52. The van der Waals surface area contributed by atoms with Crippen molar-refractivity contribution in [3.8, 4) is 5.75 Å². The molecule has 0 saturated heterocycles. The number of aromatic nitrogens is 2. The second-order valence-electron chi connectivity index (χ2n) is 5.32. The number of carbonyl (C=O) groups excluding carboxylic acids is 1. The van der Waals surface area contributed by atoms with Crippen LogP contribution in [0.15, 0.2) is 42.5 Å². The summed E-state index contributed by atoms with van der Waals surface area (Å²) in [6.45, 7) is 1.65. The van der Waals surface area contributed by atoms with Crippen LogP contribution in [0.2, 0.25) is 0 Å². The molecule has 1 aromatic heterocycles. The van der Waals surface area contributed by atoms with Crippen LogP contribution in [-0.2, 0) is 0 Å². The first-order valence-electron chi connectivity index (χ1n) is 7.45. The number of carbonyl (C=O) groups is 1. The minimum atomic E-state index is -1.04. The molecule has 128 valence electrons. The fourth-order valence-electron chi connectivity index (χ4n) is 2.42. The van der Waals surface area contributed by atoms with Crippen molar-refractivity contribution < 1.29 is 20.0 Å². The summed E-state index contributed by atoms with van der Waals surface area (Å²) >= 11 is 0. The average molecular weight is 340 g/mol. The molecule has 8 heteroatoms. The number of para-hydroxylation sites is 2. The number of methoxy groups -OCH3 is 1. The molecule has 3 rings (SSSR count). The highest BCUT2D eigenvalue weighted by molar-refractivity contribution is 6.05. The SMILES string of the molecule is COc1ccccc1NC(=O)c1nc2ccc([NH+]([O-])O)cc2nc1C. The third-order valence-corrected chi connectivity index (χ3v) is 3.66. The van der Waals surface area contributed by atoms with Crippen LogP contribution < -0.4 is 15.3 Å². The zero-order valence-electron chi connectivity index (χ0n) is 13.6. The Morgan fingerprint density at radius 1 is 1.20 bits per heavy atom. The Bertz CT molecular complexity index is 943. The lowest BCUT2D eigenvalue weighted by Gasteiger charge is -2.13. The Balaban J connectivity index is 1.96. The van der Waals surface area contributed by atoms with E-state index in [0.717, 1.165) is 0 Å². The molecule has 3 N–H and O–H groups in total. The summed E-state index contributed by atoms with van der Waals surface area (Å²) in [4.78, 5) is 21.2. The van der Waals surface area contributed by atoms with Gasteiger partial charge in [0.15, 0.2) is 5.69 Å². The van der Waals surface area contributed by atoms with E-state index in [-0.39, 0.29) is 11.4 Å². The van der Waals surface area contributed by atoms with Crippen LogP contribution in [0.4, 0.5) is 11.4 Å². The zero-order chi connectivity index (χ0) is 18.0. The Hall–Kier alpha value is -3.07. The molecule has 1 unspecified atom stereocenters. The molecular formula is C17H16N4O4. The van der Waals surface area contributed by atoms with Gasteiger partial charge in [-0.2, -0.15) is 5.23 Å². The Morgan fingerprint density at radius 2 is 1.96 bits per heavy atom. The van der Waals surface area contributed by atoms with Crippen molar-refractivity contribution in [3.63, 3.8) is 0 Å². The fourth-order valence-corrected chi connectivity index (χ4v) is 2.42. The summed E-state index contributed by atoms with van der Waals surface area (Å²) in [6, 6.07) is 11.4. The summed E-state index contributed by atoms with van der Waals surface area (Å²) in [5.74, 6) is 0.118. The molecule has 0 aliphatic heterocycles. The maximum atomic E-state index is 12.6. The van der Waals surface area contributed by atoms with Gasteiger partial charge in [-0.3, -0.25) is 4.79 Å². The van der Waals surface area contributed by atoms with Gasteiger partial charge in [-0.05, 0) is 25.1 Å². The maximum Gasteiger partial charge on any atom is 0.276 e. The number of nitrogens with one attached hydrogen (secondary N) is 2.